The van der Waals surface area contributed by atoms with Crippen LogP contribution in [0.1, 0.15) is 70.8 Å². The lowest BCUT2D eigenvalue weighted by atomic mass is 9.89. The molecule has 0 fully saturated rings. The smallest absolute Gasteiger partial charge is 0.395 e. The maximum atomic E-state index is 12.5. The first-order valence-corrected chi connectivity index (χ1v) is 12.4. The molecule has 2 aromatic rings. The second-order valence-corrected chi connectivity index (χ2v) is 8.94. The molecule has 1 N–H and O–H groups in total. The second kappa shape index (κ2) is 12.7. The molecule has 0 radical (unpaired) electrons. The molecule has 2 aromatic carbocycles. The highest BCUT2D eigenvalue weighted by molar-refractivity contribution is 7.48. The van der Waals surface area contributed by atoms with Crippen LogP contribution in [0.3, 0.4) is 0 Å². The monoisotopic (exact) mass is 418 g/mol. The zero-order valence-corrected chi connectivity index (χ0v) is 18.7. The highest BCUT2D eigenvalue weighted by Crippen LogP contribution is 2.45. The maximum absolute atomic E-state index is 12.5. The Morgan fingerprint density at radius 2 is 1.48 bits per heavy atom. The summed E-state index contributed by atoms with van der Waals surface area (Å²) in [7, 11) is -4.26. The number of rotatable bonds is 14. The van der Waals surface area contributed by atoms with Crippen LogP contribution in [0.25, 0.3) is 0 Å². The summed E-state index contributed by atoms with van der Waals surface area (Å²) in [6.07, 6.45) is 10.6. The van der Waals surface area contributed by atoms with E-state index in [1.54, 1.807) is 30.3 Å². The van der Waals surface area contributed by atoms with Crippen LogP contribution in [0, 0.1) is 5.92 Å². The van der Waals surface area contributed by atoms with Gasteiger partial charge in [0.05, 0.1) is 0 Å². The summed E-state index contributed by atoms with van der Waals surface area (Å²) >= 11 is 0. The molecule has 0 aromatic heterocycles. The number of benzene rings is 2. The van der Waals surface area contributed by atoms with Crippen LogP contribution in [0.4, 0.5) is 0 Å². The molecule has 0 aliphatic heterocycles. The maximum Gasteiger partial charge on any atom is 0.584 e. The predicted octanol–water partition coefficient (Wildman–Crippen LogP) is 7.56. The predicted molar refractivity (Wildman–Crippen MR) is 119 cm³/mol. The Kier molecular flexibility index (Phi) is 10.3. The van der Waals surface area contributed by atoms with Gasteiger partial charge < -0.3 is 9.05 Å². The fraction of sp³-hybridized carbons (Fsp3) is 0.500. The Morgan fingerprint density at radius 1 is 0.828 bits per heavy atom. The SMILES string of the molecule is CCCCCCC(CCCC)Cc1ccccc1OP(=O)(O)Oc1ccccc1. The van der Waals surface area contributed by atoms with Crippen LogP contribution in [0.2, 0.25) is 0 Å². The zero-order chi connectivity index (χ0) is 21.0. The number of hydrogen-bond donors (Lipinski definition) is 1. The molecule has 0 saturated carbocycles. The minimum absolute atomic E-state index is 0.313. The summed E-state index contributed by atoms with van der Waals surface area (Å²) in [5, 5.41) is 0. The van der Waals surface area contributed by atoms with Crippen LogP contribution in [-0.4, -0.2) is 4.89 Å². The average Bonchev–Trinajstić information content (AvgIpc) is 2.70. The van der Waals surface area contributed by atoms with Crippen molar-refractivity contribution in [1.82, 2.24) is 0 Å². The molecule has 2 unspecified atom stereocenters. The van der Waals surface area contributed by atoms with Crippen molar-refractivity contribution in [3.05, 3.63) is 60.2 Å². The van der Waals surface area contributed by atoms with E-state index in [1.807, 2.05) is 24.3 Å². The van der Waals surface area contributed by atoms with Crippen LogP contribution in [0.5, 0.6) is 11.5 Å². The van der Waals surface area contributed by atoms with E-state index in [1.165, 1.54) is 51.4 Å². The molecule has 0 heterocycles. The first-order valence-electron chi connectivity index (χ1n) is 10.9. The van der Waals surface area contributed by atoms with Gasteiger partial charge in [0, 0.05) is 0 Å². The van der Waals surface area contributed by atoms with Crippen molar-refractivity contribution < 1.29 is 18.5 Å². The molecule has 160 valence electrons. The number of para-hydroxylation sites is 2. The van der Waals surface area contributed by atoms with Gasteiger partial charge in [-0.1, -0.05) is 102 Å². The van der Waals surface area contributed by atoms with Crippen LogP contribution < -0.4 is 9.05 Å². The van der Waals surface area contributed by atoms with Crippen molar-refractivity contribution >= 4 is 7.82 Å². The molecule has 0 aliphatic rings. The Bertz CT molecular complexity index is 748. The minimum Gasteiger partial charge on any atom is -0.395 e. The Hall–Kier alpha value is -1.77. The van der Waals surface area contributed by atoms with Crippen molar-refractivity contribution in [1.29, 1.82) is 0 Å². The highest BCUT2D eigenvalue weighted by atomic mass is 31.2. The summed E-state index contributed by atoms with van der Waals surface area (Å²) in [5.41, 5.74) is 0.968. The Labute approximate surface area is 175 Å². The fourth-order valence-electron chi connectivity index (χ4n) is 3.53. The second-order valence-electron chi connectivity index (χ2n) is 7.63. The zero-order valence-electron chi connectivity index (χ0n) is 17.8. The molecule has 2 atom stereocenters. The topological polar surface area (TPSA) is 55.8 Å². The van der Waals surface area contributed by atoms with Gasteiger partial charge in [0.25, 0.3) is 0 Å². The highest BCUT2D eigenvalue weighted by Gasteiger charge is 2.26. The third-order valence-electron chi connectivity index (χ3n) is 5.09. The van der Waals surface area contributed by atoms with Gasteiger partial charge in [0.2, 0.25) is 0 Å². The fourth-order valence-corrected chi connectivity index (χ4v) is 4.38. The quantitative estimate of drug-likeness (QED) is 0.254. The molecular weight excluding hydrogens is 383 g/mol. The van der Waals surface area contributed by atoms with Crippen LogP contribution >= 0.6 is 7.82 Å². The molecule has 0 spiro atoms. The van der Waals surface area contributed by atoms with E-state index in [9.17, 15) is 9.46 Å². The summed E-state index contributed by atoms with van der Waals surface area (Å²) in [5.74, 6) is 1.31. The Morgan fingerprint density at radius 3 is 2.21 bits per heavy atom. The Balaban J connectivity index is 2.05. The van der Waals surface area contributed by atoms with Gasteiger partial charge in [-0.05, 0) is 36.1 Å². The lowest BCUT2D eigenvalue weighted by Crippen LogP contribution is -2.08. The molecule has 0 aliphatic carbocycles. The number of unbranched alkanes of at least 4 members (excludes halogenated alkanes) is 4. The lowest BCUT2D eigenvalue weighted by molar-refractivity contribution is 0.289. The van der Waals surface area contributed by atoms with E-state index >= 15 is 0 Å². The summed E-state index contributed by atoms with van der Waals surface area (Å²) in [4.78, 5) is 10.2. The molecule has 29 heavy (non-hydrogen) atoms. The van der Waals surface area contributed by atoms with E-state index in [2.05, 4.69) is 13.8 Å². The van der Waals surface area contributed by atoms with Crippen molar-refractivity contribution in [2.24, 2.45) is 5.92 Å². The lowest BCUT2D eigenvalue weighted by Gasteiger charge is -2.20. The van der Waals surface area contributed by atoms with E-state index < -0.39 is 7.82 Å². The first kappa shape index (κ1) is 23.5. The van der Waals surface area contributed by atoms with Gasteiger partial charge >= 0.3 is 7.82 Å². The van der Waals surface area contributed by atoms with Gasteiger partial charge in [0.1, 0.15) is 11.5 Å². The van der Waals surface area contributed by atoms with Gasteiger partial charge in [0.15, 0.2) is 0 Å². The normalized spacial score (nSPS) is 14.2. The van der Waals surface area contributed by atoms with Crippen LogP contribution in [-0.2, 0) is 11.0 Å². The van der Waals surface area contributed by atoms with E-state index in [-0.39, 0.29) is 0 Å². The van der Waals surface area contributed by atoms with E-state index in [0.717, 1.165) is 12.0 Å². The number of hydrogen-bond acceptors (Lipinski definition) is 3. The summed E-state index contributed by atoms with van der Waals surface area (Å²) in [6, 6.07) is 16.1. The molecule has 0 bridgehead atoms. The van der Waals surface area contributed by atoms with E-state index in [0.29, 0.717) is 17.4 Å². The third-order valence-corrected chi connectivity index (χ3v) is 5.96. The standard InChI is InChI=1S/C24H35O4P/c1-3-5-7-9-15-21(14-6-4-2)20-22-16-12-13-19-24(22)28-29(25,26)27-23-17-10-8-11-18-23/h8,10-13,16-19,21H,3-7,9,14-15,20H2,1-2H3,(H,25,26). The van der Waals surface area contributed by atoms with E-state index in [4.69, 9.17) is 9.05 Å². The number of phosphoric ester groups is 1. The van der Waals surface area contributed by atoms with Crippen molar-refractivity contribution in [3.8, 4) is 11.5 Å². The van der Waals surface area contributed by atoms with Gasteiger partial charge in [-0.25, -0.2) is 4.57 Å². The van der Waals surface area contributed by atoms with Crippen molar-refractivity contribution in [2.75, 3.05) is 0 Å². The molecule has 4 nitrogen and oxygen atoms in total. The van der Waals surface area contributed by atoms with Gasteiger partial charge in [-0.15, -0.1) is 0 Å². The van der Waals surface area contributed by atoms with Gasteiger partial charge in [-0.2, -0.15) is 0 Å². The summed E-state index contributed by atoms with van der Waals surface area (Å²) in [6.45, 7) is 4.45. The average molecular weight is 419 g/mol. The molecule has 2 rings (SSSR count). The molecule has 5 heteroatoms. The molecule has 0 amide bonds. The van der Waals surface area contributed by atoms with Gasteiger partial charge in [-0.3, -0.25) is 4.89 Å². The minimum atomic E-state index is -4.26. The summed E-state index contributed by atoms with van der Waals surface area (Å²) < 4.78 is 23.2. The number of phosphoric acid groups is 1. The molecule has 0 saturated heterocycles. The largest absolute Gasteiger partial charge is 0.584 e. The third kappa shape index (κ3) is 9.06. The first-order chi connectivity index (χ1) is 14.0. The van der Waals surface area contributed by atoms with Crippen molar-refractivity contribution in [2.45, 2.75) is 71.6 Å². The molecular formula is C24H35O4P. The van der Waals surface area contributed by atoms with Crippen LogP contribution in [0.15, 0.2) is 54.6 Å². The van der Waals surface area contributed by atoms with Crippen molar-refractivity contribution in [3.63, 3.8) is 0 Å².